The molecule has 0 fully saturated rings. The van der Waals surface area contributed by atoms with Crippen molar-refractivity contribution in [1.82, 2.24) is 5.32 Å². The average Bonchev–Trinajstić information content (AvgIpc) is 2.00. The van der Waals surface area contributed by atoms with Gasteiger partial charge in [-0.1, -0.05) is 12.7 Å². The quantitative estimate of drug-likeness (QED) is 0.501. The summed E-state index contributed by atoms with van der Waals surface area (Å²) in [4.78, 5) is 4.00. The highest BCUT2D eigenvalue weighted by Gasteiger charge is 1.87. The van der Waals surface area contributed by atoms with Crippen LogP contribution in [0.5, 0.6) is 0 Å². The Bertz CT molecular complexity index is 222. The summed E-state index contributed by atoms with van der Waals surface area (Å²) < 4.78 is 0. The van der Waals surface area contributed by atoms with Crippen molar-refractivity contribution in [3.05, 3.63) is 36.3 Å². The summed E-state index contributed by atoms with van der Waals surface area (Å²) in [6, 6.07) is 0. The van der Waals surface area contributed by atoms with Crippen molar-refractivity contribution in [2.45, 2.75) is 20.8 Å². The van der Waals surface area contributed by atoms with Crippen LogP contribution in [0, 0.1) is 0 Å². The van der Waals surface area contributed by atoms with E-state index in [4.69, 9.17) is 0 Å². The van der Waals surface area contributed by atoms with Crippen molar-refractivity contribution in [2.24, 2.45) is 4.99 Å². The number of hydrogen-bond acceptors (Lipinski definition) is 2. The van der Waals surface area contributed by atoms with Crippen LogP contribution in [0.25, 0.3) is 0 Å². The summed E-state index contributed by atoms with van der Waals surface area (Å²) in [6.07, 6.45) is 7.40. The Morgan fingerprint density at radius 1 is 1.42 bits per heavy atom. The molecule has 0 amide bonds. The van der Waals surface area contributed by atoms with Gasteiger partial charge in [-0.25, -0.2) is 0 Å². The zero-order chi connectivity index (χ0) is 9.40. The third-order valence-corrected chi connectivity index (χ3v) is 1.07. The summed E-state index contributed by atoms with van der Waals surface area (Å²) >= 11 is 0. The first-order valence-corrected chi connectivity index (χ1v) is 3.94. The molecule has 0 saturated heterocycles. The van der Waals surface area contributed by atoms with Gasteiger partial charge in [-0.15, -0.1) is 0 Å². The maximum absolute atomic E-state index is 4.00. The summed E-state index contributed by atoms with van der Waals surface area (Å²) in [5.74, 6) is 0. The van der Waals surface area contributed by atoms with E-state index in [0.29, 0.717) is 0 Å². The molecular weight excluding hydrogens is 148 g/mol. The van der Waals surface area contributed by atoms with Crippen molar-refractivity contribution in [3.8, 4) is 0 Å². The molecule has 0 atom stereocenters. The highest BCUT2D eigenvalue weighted by molar-refractivity contribution is 5.54. The largest absolute Gasteiger partial charge is 0.358 e. The fraction of sp³-hybridized carbons (Fsp3) is 0.300. The number of aliphatic imine (C=N–C) groups is 1. The molecule has 0 aliphatic rings. The molecule has 0 saturated carbocycles. The molecule has 2 heteroatoms. The van der Waals surface area contributed by atoms with E-state index in [9.17, 15) is 0 Å². The molecule has 0 bridgehead atoms. The monoisotopic (exact) mass is 164 g/mol. The molecule has 1 N–H and O–H groups in total. The van der Waals surface area contributed by atoms with Crippen LogP contribution in [0.3, 0.4) is 0 Å². The summed E-state index contributed by atoms with van der Waals surface area (Å²) in [6.45, 7) is 9.50. The maximum Gasteiger partial charge on any atom is 0.0564 e. The third-order valence-electron chi connectivity index (χ3n) is 1.07. The second-order valence-electron chi connectivity index (χ2n) is 2.40. The molecule has 0 heterocycles. The molecule has 0 aromatic carbocycles. The van der Waals surface area contributed by atoms with Gasteiger partial charge in [-0.2, -0.15) is 0 Å². The maximum atomic E-state index is 4.00. The first-order valence-electron chi connectivity index (χ1n) is 3.94. The molecule has 2 nitrogen and oxygen atoms in total. The Kier molecular flexibility index (Phi) is 5.70. The second kappa shape index (κ2) is 6.40. The highest BCUT2D eigenvalue weighted by atomic mass is 14.9. The fourth-order valence-corrected chi connectivity index (χ4v) is 0.698. The molecule has 0 aliphatic carbocycles. The Morgan fingerprint density at radius 2 is 2.08 bits per heavy atom. The summed E-state index contributed by atoms with van der Waals surface area (Å²) in [7, 11) is 0. The topological polar surface area (TPSA) is 24.4 Å². The van der Waals surface area contributed by atoms with E-state index < -0.39 is 0 Å². The number of nitrogens with zero attached hydrogens (tertiary/aromatic N) is 1. The van der Waals surface area contributed by atoms with Crippen LogP contribution >= 0.6 is 0 Å². The van der Waals surface area contributed by atoms with Gasteiger partial charge in [0.25, 0.3) is 0 Å². The molecule has 0 radical (unpaired) electrons. The average molecular weight is 164 g/mol. The third kappa shape index (κ3) is 5.47. The van der Waals surface area contributed by atoms with Gasteiger partial charge in [0.05, 0.1) is 5.70 Å². The Labute approximate surface area is 74.4 Å². The molecule has 0 spiro atoms. The van der Waals surface area contributed by atoms with Crippen LogP contribution in [0.15, 0.2) is 41.3 Å². The molecule has 0 unspecified atom stereocenters. The van der Waals surface area contributed by atoms with Gasteiger partial charge in [0.1, 0.15) is 0 Å². The second-order valence-corrected chi connectivity index (χ2v) is 2.40. The van der Waals surface area contributed by atoms with Gasteiger partial charge >= 0.3 is 0 Å². The van der Waals surface area contributed by atoms with Gasteiger partial charge in [-0.3, -0.25) is 4.99 Å². The van der Waals surface area contributed by atoms with E-state index in [1.54, 1.807) is 12.4 Å². The zero-order valence-electron chi connectivity index (χ0n) is 7.96. The predicted octanol–water partition coefficient (Wildman–Crippen LogP) is 2.62. The van der Waals surface area contributed by atoms with Crippen LogP contribution in [-0.2, 0) is 0 Å². The van der Waals surface area contributed by atoms with E-state index in [-0.39, 0.29) is 0 Å². The summed E-state index contributed by atoms with van der Waals surface area (Å²) in [5, 5.41) is 3.08. The Hall–Kier alpha value is -1.31. The minimum absolute atomic E-state index is 0.908. The van der Waals surface area contributed by atoms with Crippen LogP contribution in [0.1, 0.15) is 20.8 Å². The van der Waals surface area contributed by atoms with E-state index in [2.05, 4.69) is 16.9 Å². The van der Waals surface area contributed by atoms with Crippen molar-refractivity contribution >= 4 is 6.21 Å². The Balaban J connectivity index is 4.32. The van der Waals surface area contributed by atoms with Gasteiger partial charge < -0.3 is 5.32 Å². The molecule has 0 aromatic heterocycles. The normalized spacial score (nSPS) is 12.8. The first kappa shape index (κ1) is 10.7. The lowest BCUT2D eigenvalue weighted by Crippen LogP contribution is -2.07. The zero-order valence-corrected chi connectivity index (χ0v) is 7.96. The van der Waals surface area contributed by atoms with Gasteiger partial charge in [0, 0.05) is 18.1 Å². The summed E-state index contributed by atoms with van der Waals surface area (Å²) in [5.41, 5.74) is 1.86. The van der Waals surface area contributed by atoms with E-state index in [1.165, 1.54) is 0 Å². The number of nitrogens with one attached hydrogen (secondary N) is 1. The lowest BCUT2D eigenvalue weighted by molar-refractivity contribution is 1.00. The van der Waals surface area contributed by atoms with Gasteiger partial charge in [0.15, 0.2) is 0 Å². The molecule has 0 aromatic rings. The lowest BCUT2D eigenvalue weighted by atomic mass is 10.4. The van der Waals surface area contributed by atoms with Crippen LogP contribution < -0.4 is 5.32 Å². The van der Waals surface area contributed by atoms with Crippen LogP contribution in [-0.4, -0.2) is 6.21 Å². The molecule has 0 aliphatic heterocycles. The standard InChI is InChI=1S/C10H16N2/c1-5-7-10(8-11-6-2)12-9(3)4/h5-8,12H,3H2,1-2,4H3/b7-5-,10-8+,11-6?. The van der Waals surface area contributed by atoms with Crippen molar-refractivity contribution in [3.63, 3.8) is 0 Å². The lowest BCUT2D eigenvalue weighted by Gasteiger charge is -2.03. The van der Waals surface area contributed by atoms with Crippen molar-refractivity contribution in [2.75, 3.05) is 0 Å². The number of allylic oxidation sites excluding steroid dienone is 3. The van der Waals surface area contributed by atoms with Gasteiger partial charge in [0.2, 0.25) is 0 Å². The smallest absolute Gasteiger partial charge is 0.0564 e. The minimum atomic E-state index is 0.908. The van der Waals surface area contributed by atoms with E-state index >= 15 is 0 Å². The van der Waals surface area contributed by atoms with Crippen molar-refractivity contribution < 1.29 is 0 Å². The van der Waals surface area contributed by atoms with E-state index in [0.717, 1.165) is 11.4 Å². The molecule has 0 rings (SSSR count). The highest BCUT2D eigenvalue weighted by Crippen LogP contribution is 1.95. The molecular formula is C10H16N2. The van der Waals surface area contributed by atoms with Gasteiger partial charge in [-0.05, 0) is 26.8 Å². The van der Waals surface area contributed by atoms with E-state index in [1.807, 2.05) is 32.9 Å². The molecule has 66 valence electrons. The number of rotatable bonds is 4. The first-order chi connectivity index (χ1) is 5.70. The fourth-order valence-electron chi connectivity index (χ4n) is 0.698. The van der Waals surface area contributed by atoms with Crippen LogP contribution in [0.4, 0.5) is 0 Å². The minimum Gasteiger partial charge on any atom is -0.358 e. The van der Waals surface area contributed by atoms with Crippen LogP contribution in [0.2, 0.25) is 0 Å². The molecule has 12 heavy (non-hydrogen) atoms. The number of hydrogen-bond donors (Lipinski definition) is 1. The Morgan fingerprint density at radius 3 is 2.50 bits per heavy atom. The van der Waals surface area contributed by atoms with Crippen molar-refractivity contribution in [1.29, 1.82) is 0 Å². The SMILES string of the molecule is C=C(C)NC(/C=C\C)=C/N=CC. The predicted molar refractivity (Wildman–Crippen MR) is 55.0 cm³/mol.